The summed E-state index contributed by atoms with van der Waals surface area (Å²) in [5.41, 5.74) is 3.60. The Labute approximate surface area is 188 Å². The molecule has 0 heterocycles. The van der Waals surface area contributed by atoms with E-state index < -0.39 is 0 Å². The molecule has 2 amide bonds. The van der Waals surface area contributed by atoms with Crippen molar-refractivity contribution in [1.29, 1.82) is 0 Å². The van der Waals surface area contributed by atoms with Gasteiger partial charge in [0.1, 0.15) is 5.82 Å². The van der Waals surface area contributed by atoms with E-state index in [9.17, 15) is 14.0 Å². The maximum atomic E-state index is 13.3. The second kappa shape index (κ2) is 9.77. The third-order valence-electron chi connectivity index (χ3n) is 5.74. The van der Waals surface area contributed by atoms with Crippen molar-refractivity contribution in [3.8, 4) is 0 Å². The molecule has 0 aromatic heterocycles. The van der Waals surface area contributed by atoms with Gasteiger partial charge in [-0.05, 0) is 60.7 Å². The van der Waals surface area contributed by atoms with Crippen molar-refractivity contribution < 1.29 is 14.0 Å². The first-order chi connectivity index (χ1) is 15.5. The van der Waals surface area contributed by atoms with Gasteiger partial charge in [0.2, 0.25) is 11.8 Å². The van der Waals surface area contributed by atoms with Gasteiger partial charge in [-0.15, -0.1) is 0 Å². The number of benzene rings is 3. The number of hydrogen-bond acceptors (Lipinski definition) is 2. The van der Waals surface area contributed by atoms with Crippen LogP contribution in [0, 0.1) is 11.7 Å². The number of hydrogen-bond donors (Lipinski definition) is 1. The van der Waals surface area contributed by atoms with Gasteiger partial charge in [-0.2, -0.15) is 0 Å². The van der Waals surface area contributed by atoms with Gasteiger partial charge in [-0.3, -0.25) is 9.59 Å². The van der Waals surface area contributed by atoms with Crippen molar-refractivity contribution in [3.05, 3.63) is 101 Å². The van der Waals surface area contributed by atoms with Crippen molar-refractivity contribution in [3.63, 3.8) is 0 Å². The fourth-order valence-electron chi connectivity index (χ4n) is 3.72. The number of nitrogens with zero attached hydrogens (tertiary/aromatic N) is 1. The van der Waals surface area contributed by atoms with E-state index in [4.69, 9.17) is 0 Å². The van der Waals surface area contributed by atoms with Crippen LogP contribution in [0.5, 0.6) is 0 Å². The summed E-state index contributed by atoms with van der Waals surface area (Å²) in [6.07, 6.45) is 2.10. The highest BCUT2D eigenvalue weighted by molar-refractivity contribution is 5.96. The summed E-state index contributed by atoms with van der Waals surface area (Å²) in [6.45, 7) is 2.36. The van der Waals surface area contributed by atoms with Crippen molar-refractivity contribution >= 4 is 17.5 Å². The Morgan fingerprint density at radius 3 is 2.19 bits per heavy atom. The Balaban J connectivity index is 1.42. The summed E-state index contributed by atoms with van der Waals surface area (Å²) in [5, 5.41) is 3.03. The predicted molar refractivity (Wildman–Crippen MR) is 123 cm³/mol. The standard InChI is InChI=1S/C27H27FN2O2/c1-19(22-5-3-2-4-6-22)29-26(31)17-20-9-15-25(16-10-20)30(27(32)23-11-12-23)18-21-7-13-24(28)14-8-21/h2-10,13-16,19,23H,11-12,17-18H2,1H3,(H,29,31)/t19-/m0/s1. The number of carbonyl (C=O) groups is 2. The summed E-state index contributed by atoms with van der Waals surface area (Å²) in [4.78, 5) is 27.1. The molecule has 1 saturated carbocycles. The molecule has 3 aromatic rings. The van der Waals surface area contributed by atoms with Crippen LogP contribution in [0.2, 0.25) is 0 Å². The molecule has 1 N–H and O–H groups in total. The average molecular weight is 431 g/mol. The lowest BCUT2D eigenvalue weighted by atomic mass is 10.1. The molecule has 164 valence electrons. The van der Waals surface area contributed by atoms with Gasteiger partial charge in [0.15, 0.2) is 0 Å². The van der Waals surface area contributed by atoms with Gasteiger partial charge < -0.3 is 10.2 Å². The fraction of sp³-hybridized carbons (Fsp3) is 0.259. The number of halogens is 1. The lowest BCUT2D eigenvalue weighted by Gasteiger charge is -2.23. The molecule has 0 spiro atoms. The Morgan fingerprint density at radius 1 is 0.938 bits per heavy atom. The Hall–Kier alpha value is -3.47. The molecule has 0 unspecified atom stereocenters. The van der Waals surface area contributed by atoms with E-state index in [1.165, 1.54) is 12.1 Å². The van der Waals surface area contributed by atoms with E-state index in [2.05, 4.69) is 5.32 Å². The smallest absolute Gasteiger partial charge is 0.230 e. The Morgan fingerprint density at radius 2 is 1.56 bits per heavy atom. The number of anilines is 1. The quantitative estimate of drug-likeness (QED) is 0.535. The largest absolute Gasteiger partial charge is 0.349 e. The van der Waals surface area contributed by atoms with E-state index >= 15 is 0 Å². The van der Waals surface area contributed by atoms with E-state index in [0.29, 0.717) is 6.54 Å². The normalized spacial score (nSPS) is 13.9. The highest BCUT2D eigenvalue weighted by Gasteiger charge is 2.34. The van der Waals surface area contributed by atoms with Crippen LogP contribution in [0.25, 0.3) is 0 Å². The highest BCUT2D eigenvalue weighted by Crippen LogP contribution is 2.33. The molecule has 0 saturated heterocycles. The lowest BCUT2D eigenvalue weighted by Crippen LogP contribution is -2.31. The third-order valence-corrected chi connectivity index (χ3v) is 5.74. The molecular formula is C27H27FN2O2. The van der Waals surface area contributed by atoms with Gasteiger partial charge in [0.25, 0.3) is 0 Å². The zero-order valence-corrected chi connectivity index (χ0v) is 18.1. The molecule has 0 radical (unpaired) electrons. The first-order valence-electron chi connectivity index (χ1n) is 11.0. The molecule has 3 aromatic carbocycles. The van der Waals surface area contributed by atoms with Crippen LogP contribution in [0.4, 0.5) is 10.1 Å². The van der Waals surface area contributed by atoms with E-state index in [1.54, 1.807) is 17.0 Å². The molecule has 1 fully saturated rings. The van der Waals surface area contributed by atoms with Crippen LogP contribution in [0.15, 0.2) is 78.9 Å². The van der Waals surface area contributed by atoms with Gasteiger partial charge >= 0.3 is 0 Å². The first kappa shape index (κ1) is 21.8. The number of carbonyl (C=O) groups excluding carboxylic acids is 2. The van der Waals surface area contributed by atoms with Crippen LogP contribution < -0.4 is 10.2 Å². The van der Waals surface area contributed by atoms with Gasteiger partial charge in [-0.1, -0.05) is 54.6 Å². The molecule has 5 heteroatoms. The number of amides is 2. The Kier molecular flexibility index (Phi) is 6.64. The van der Waals surface area contributed by atoms with Crippen molar-refractivity contribution in [2.24, 2.45) is 5.92 Å². The molecule has 1 aliphatic carbocycles. The lowest BCUT2D eigenvalue weighted by molar-refractivity contribution is -0.121. The maximum Gasteiger partial charge on any atom is 0.230 e. The second-order valence-electron chi connectivity index (χ2n) is 8.37. The molecule has 32 heavy (non-hydrogen) atoms. The second-order valence-corrected chi connectivity index (χ2v) is 8.37. The summed E-state index contributed by atoms with van der Waals surface area (Å²) < 4.78 is 13.3. The average Bonchev–Trinajstić information content (AvgIpc) is 3.65. The van der Waals surface area contributed by atoms with Gasteiger partial charge in [0.05, 0.1) is 19.0 Å². The van der Waals surface area contributed by atoms with E-state index in [1.807, 2.05) is 61.5 Å². The van der Waals surface area contributed by atoms with Gasteiger partial charge in [0, 0.05) is 11.6 Å². The summed E-state index contributed by atoms with van der Waals surface area (Å²) in [5.74, 6) is -0.179. The molecule has 0 aliphatic heterocycles. The number of rotatable bonds is 8. The minimum atomic E-state index is -0.293. The molecule has 1 aliphatic rings. The monoisotopic (exact) mass is 430 g/mol. The SMILES string of the molecule is C[C@H](NC(=O)Cc1ccc(N(Cc2ccc(F)cc2)C(=O)C2CC2)cc1)c1ccccc1. The summed E-state index contributed by atoms with van der Waals surface area (Å²) >= 11 is 0. The predicted octanol–water partition coefficient (Wildman–Crippen LogP) is 5.19. The van der Waals surface area contributed by atoms with Crippen LogP contribution in [-0.2, 0) is 22.6 Å². The van der Waals surface area contributed by atoms with Crippen molar-refractivity contribution in [1.82, 2.24) is 5.32 Å². The van der Waals surface area contributed by atoms with Crippen LogP contribution in [-0.4, -0.2) is 11.8 Å². The molecule has 0 bridgehead atoms. The van der Waals surface area contributed by atoms with Crippen LogP contribution >= 0.6 is 0 Å². The highest BCUT2D eigenvalue weighted by atomic mass is 19.1. The maximum absolute atomic E-state index is 13.3. The first-order valence-corrected chi connectivity index (χ1v) is 11.0. The molecule has 4 nitrogen and oxygen atoms in total. The zero-order valence-electron chi connectivity index (χ0n) is 18.1. The van der Waals surface area contributed by atoms with E-state index in [-0.39, 0.29) is 36.0 Å². The minimum absolute atomic E-state index is 0.0497. The minimum Gasteiger partial charge on any atom is -0.349 e. The fourth-order valence-corrected chi connectivity index (χ4v) is 3.72. The third kappa shape index (κ3) is 5.61. The van der Waals surface area contributed by atoms with E-state index in [0.717, 1.165) is 35.2 Å². The van der Waals surface area contributed by atoms with Crippen LogP contribution in [0.1, 0.15) is 42.5 Å². The van der Waals surface area contributed by atoms with Crippen LogP contribution in [0.3, 0.4) is 0 Å². The van der Waals surface area contributed by atoms with Crippen molar-refractivity contribution in [2.75, 3.05) is 4.90 Å². The molecule has 1 atom stereocenters. The zero-order chi connectivity index (χ0) is 22.5. The number of nitrogens with one attached hydrogen (secondary N) is 1. The Bertz CT molecular complexity index is 1060. The molecule has 4 rings (SSSR count). The van der Waals surface area contributed by atoms with Crippen molar-refractivity contribution in [2.45, 2.75) is 38.8 Å². The summed E-state index contributed by atoms with van der Waals surface area (Å²) in [6, 6.07) is 23.6. The van der Waals surface area contributed by atoms with Gasteiger partial charge in [-0.25, -0.2) is 4.39 Å². The topological polar surface area (TPSA) is 49.4 Å². The summed E-state index contributed by atoms with van der Waals surface area (Å²) in [7, 11) is 0. The molecular weight excluding hydrogens is 403 g/mol.